The molecule has 146 valence electrons. The Balaban J connectivity index is 1.66. The van der Waals surface area contributed by atoms with Crippen molar-refractivity contribution in [3.63, 3.8) is 0 Å². The van der Waals surface area contributed by atoms with E-state index >= 15 is 0 Å². The number of ether oxygens (including phenoxy) is 1. The van der Waals surface area contributed by atoms with Gasteiger partial charge in [0.2, 0.25) is 0 Å². The molecule has 27 heavy (non-hydrogen) atoms. The second-order valence-corrected chi connectivity index (χ2v) is 7.02. The first-order valence-electron chi connectivity index (χ1n) is 9.41. The van der Waals surface area contributed by atoms with Gasteiger partial charge in [-0.3, -0.25) is 0 Å². The molecule has 0 aliphatic heterocycles. The number of hydrogen-bond donors (Lipinski definition) is 2. The lowest BCUT2D eigenvalue weighted by atomic mass is 10.1. The Hall–Kier alpha value is -2.69. The molecule has 2 rings (SSSR count). The molecule has 0 fully saturated rings. The number of urea groups is 1. The molecule has 0 bridgehead atoms. The van der Waals surface area contributed by atoms with Crippen molar-refractivity contribution in [2.75, 3.05) is 32.6 Å². The van der Waals surface area contributed by atoms with Crippen molar-refractivity contribution in [2.45, 2.75) is 32.2 Å². The van der Waals surface area contributed by atoms with E-state index in [9.17, 15) is 4.79 Å². The third kappa shape index (κ3) is 7.21. The summed E-state index contributed by atoms with van der Waals surface area (Å²) in [5, 5.41) is 5.93. The van der Waals surface area contributed by atoms with E-state index in [-0.39, 0.29) is 12.1 Å². The Morgan fingerprint density at radius 2 is 1.85 bits per heavy atom. The van der Waals surface area contributed by atoms with Crippen LogP contribution in [0.2, 0.25) is 0 Å². The number of aryl methyl sites for hydroxylation is 1. The van der Waals surface area contributed by atoms with Crippen molar-refractivity contribution in [3.8, 4) is 5.75 Å². The minimum absolute atomic E-state index is 0.0516. The van der Waals surface area contributed by atoms with Crippen LogP contribution in [0.25, 0.3) is 0 Å². The number of methoxy groups -OCH3 is 1. The molecule has 0 saturated carbocycles. The maximum absolute atomic E-state index is 12.0. The lowest BCUT2D eigenvalue weighted by Gasteiger charge is -2.15. The van der Waals surface area contributed by atoms with Gasteiger partial charge in [-0.25, -0.2) is 4.79 Å². The van der Waals surface area contributed by atoms with Gasteiger partial charge in [0.1, 0.15) is 5.75 Å². The summed E-state index contributed by atoms with van der Waals surface area (Å²) in [6, 6.07) is 16.4. The fraction of sp³-hybridized carbons (Fsp3) is 0.409. The summed E-state index contributed by atoms with van der Waals surface area (Å²) < 4.78 is 5.24. The van der Waals surface area contributed by atoms with Gasteiger partial charge in [0.25, 0.3) is 0 Å². The van der Waals surface area contributed by atoms with Crippen molar-refractivity contribution >= 4 is 11.7 Å². The second kappa shape index (κ2) is 10.5. The Bertz CT molecular complexity index is 714. The Morgan fingerprint density at radius 3 is 2.52 bits per heavy atom. The lowest BCUT2D eigenvalue weighted by Crippen LogP contribution is -2.42. The molecular formula is C22H31N3O2. The first-order valence-corrected chi connectivity index (χ1v) is 9.41. The molecule has 5 nitrogen and oxygen atoms in total. The molecular weight excluding hydrogens is 338 g/mol. The van der Waals surface area contributed by atoms with Gasteiger partial charge in [-0.2, -0.15) is 0 Å². The molecule has 2 aromatic rings. The minimum atomic E-state index is -0.117. The zero-order valence-electron chi connectivity index (χ0n) is 16.8. The molecule has 0 aliphatic carbocycles. The summed E-state index contributed by atoms with van der Waals surface area (Å²) >= 11 is 0. The highest BCUT2D eigenvalue weighted by Gasteiger charge is 2.08. The van der Waals surface area contributed by atoms with Crippen molar-refractivity contribution < 1.29 is 9.53 Å². The van der Waals surface area contributed by atoms with Gasteiger partial charge < -0.3 is 20.3 Å². The molecule has 0 spiro atoms. The molecule has 0 aromatic heterocycles. The van der Waals surface area contributed by atoms with E-state index in [1.165, 1.54) is 11.3 Å². The van der Waals surface area contributed by atoms with Gasteiger partial charge in [0.15, 0.2) is 0 Å². The Morgan fingerprint density at radius 1 is 1.11 bits per heavy atom. The predicted molar refractivity (Wildman–Crippen MR) is 112 cm³/mol. The van der Waals surface area contributed by atoms with Crippen LogP contribution in [0.1, 0.15) is 24.5 Å². The largest absolute Gasteiger partial charge is 0.497 e. The van der Waals surface area contributed by atoms with Crippen LogP contribution in [0, 0.1) is 0 Å². The summed E-state index contributed by atoms with van der Waals surface area (Å²) in [5.74, 6) is 0.836. The van der Waals surface area contributed by atoms with Crippen molar-refractivity contribution in [2.24, 2.45) is 0 Å². The van der Waals surface area contributed by atoms with Crippen molar-refractivity contribution in [1.29, 1.82) is 0 Å². The molecule has 0 saturated heterocycles. The summed E-state index contributed by atoms with van der Waals surface area (Å²) in [6.45, 7) is 2.67. The monoisotopic (exact) mass is 369 g/mol. The normalized spacial score (nSPS) is 11.6. The number of carbonyl (C=O) groups is 1. The topological polar surface area (TPSA) is 53.6 Å². The van der Waals surface area contributed by atoms with Gasteiger partial charge in [0, 0.05) is 32.4 Å². The van der Waals surface area contributed by atoms with Crippen LogP contribution in [0.15, 0.2) is 48.5 Å². The number of rotatable bonds is 9. The van der Waals surface area contributed by atoms with Gasteiger partial charge in [-0.05, 0) is 61.6 Å². The van der Waals surface area contributed by atoms with Gasteiger partial charge in [-0.15, -0.1) is 0 Å². The minimum Gasteiger partial charge on any atom is -0.497 e. The van der Waals surface area contributed by atoms with Crippen LogP contribution < -0.4 is 20.3 Å². The number of nitrogens with zero attached hydrogens (tertiary/aromatic N) is 1. The average Bonchev–Trinajstić information content (AvgIpc) is 2.65. The van der Waals surface area contributed by atoms with E-state index in [2.05, 4.69) is 39.8 Å². The smallest absolute Gasteiger partial charge is 0.315 e. The highest BCUT2D eigenvalue weighted by atomic mass is 16.5. The fourth-order valence-electron chi connectivity index (χ4n) is 2.93. The molecule has 2 aromatic carbocycles. The number of hydrogen-bond acceptors (Lipinski definition) is 3. The average molecular weight is 370 g/mol. The van der Waals surface area contributed by atoms with E-state index in [0.717, 1.165) is 30.6 Å². The van der Waals surface area contributed by atoms with Crippen LogP contribution in [0.4, 0.5) is 10.5 Å². The van der Waals surface area contributed by atoms with Gasteiger partial charge in [0.05, 0.1) is 7.11 Å². The highest BCUT2D eigenvalue weighted by Crippen LogP contribution is 2.14. The summed E-state index contributed by atoms with van der Waals surface area (Å²) in [5.41, 5.74) is 3.62. The molecule has 0 aliphatic rings. The third-order valence-corrected chi connectivity index (χ3v) is 4.43. The fourth-order valence-corrected chi connectivity index (χ4v) is 2.93. The van der Waals surface area contributed by atoms with E-state index in [4.69, 9.17) is 4.74 Å². The number of nitrogens with one attached hydrogen (secondary N) is 2. The summed E-state index contributed by atoms with van der Waals surface area (Å²) in [4.78, 5) is 14.1. The number of carbonyl (C=O) groups excluding carboxylic acids is 1. The quantitative estimate of drug-likeness (QED) is 0.664. The van der Waals surface area contributed by atoms with Crippen LogP contribution in [-0.2, 0) is 12.8 Å². The zero-order valence-corrected chi connectivity index (χ0v) is 16.8. The van der Waals surface area contributed by atoms with E-state index in [1.807, 2.05) is 45.3 Å². The van der Waals surface area contributed by atoms with Gasteiger partial charge in [-0.1, -0.05) is 24.3 Å². The SMILES string of the molecule is COc1cccc(CC(C)NC(=O)NCCCc2ccc(N(C)C)cc2)c1. The lowest BCUT2D eigenvalue weighted by molar-refractivity contribution is 0.237. The first-order chi connectivity index (χ1) is 13.0. The molecule has 2 N–H and O–H groups in total. The van der Waals surface area contributed by atoms with Gasteiger partial charge >= 0.3 is 6.03 Å². The molecule has 1 atom stereocenters. The highest BCUT2D eigenvalue weighted by molar-refractivity contribution is 5.74. The summed E-state index contributed by atoms with van der Waals surface area (Å²) in [6.07, 6.45) is 2.63. The maximum Gasteiger partial charge on any atom is 0.315 e. The van der Waals surface area contributed by atoms with Crippen LogP contribution in [-0.4, -0.2) is 39.8 Å². The van der Waals surface area contributed by atoms with E-state index in [0.29, 0.717) is 6.54 Å². The van der Waals surface area contributed by atoms with Crippen LogP contribution in [0.5, 0.6) is 5.75 Å². The maximum atomic E-state index is 12.0. The standard InChI is InChI=1S/C22H31N3O2/c1-17(15-19-7-5-9-21(16-19)27-4)24-22(26)23-14-6-8-18-10-12-20(13-11-18)25(2)3/h5,7,9-13,16-17H,6,8,14-15H2,1-4H3,(H2,23,24,26). The number of anilines is 1. The van der Waals surface area contributed by atoms with E-state index < -0.39 is 0 Å². The molecule has 2 amide bonds. The molecule has 1 unspecified atom stereocenters. The molecule has 0 radical (unpaired) electrons. The van der Waals surface area contributed by atoms with Crippen molar-refractivity contribution in [3.05, 3.63) is 59.7 Å². The number of benzene rings is 2. The second-order valence-electron chi connectivity index (χ2n) is 7.02. The molecule has 0 heterocycles. The number of amides is 2. The zero-order chi connectivity index (χ0) is 19.6. The predicted octanol–water partition coefficient (Wildman–Crippen LogP) is 3.62. The van der Waals surface area contributed by atoms with Crippen LogP contribution in [0.3, 0.4) is 0 Å². The third-order valence-electron chi connectivity index (χ3n) is 4.43. The first kappa shape index (κ1) is 20.6. The van der Waals surface area contributed by atoms with Crippen LogP contribution >= 0.6 is 0 Å². The summed E-state index contributed by atoms with van der Waals surface area (Å²) in [7, 11) is 5.73. The molecule has 5 heteroatoms. The van der Waals surface area contributed by atoms with Crippen molar-refractivity contribution in [1.82, 2.24) is 10.6 Å². The Labute approximate surface area is 162 Å². The Kier molecular flexibility index (Phi) is 7.99. The van der Waals surface area contributed by atoms with E-state index in [1.54, 1.807) is 7.11 Å².